The lowest BCUT2D eigenvalue weighted by atomic mass is 10.0. The molecule has 0 amide bonds. The Morgan fingerprint density at radius 1 is 1.11 bits per heavy atom. The van der Waals surface area contributed by atoms with Gasteiger partial charge in [-0.3, -0.25) is 0 Å². The van der Waals surface area contributed by atoms with Crippen LogP contribution in [0.15, 0.2) is 24.3 Å². The number of pyridine rings is 1. The Morgan fingerprint density at radius 3 is 2.47 bits per heavy atom. The average Bonchev–Trinajstić information content (AvgIpc) is 2.34. The second-order valence-electron chi connectivity index (χ2n) is 4.50. The summed E-state index contributed by atoms with van der Waals surface area (Å²) in [6.45, 7) is 6.89. The van der Waals surface area contributed by atoms with Crippen LogP contribution >= 0.6 is 23.2 Å². The molecule has 0 saturated carbocycles. The first-order chi connectivity index (χ1) is 9.02. The standard InChI is InChI=1S/C15H16Cl2N2/c1-4-18-15-13(17)8-12(16)14(19-15)11-6-5-9(2)7-10(11)3/h5-8H,4H2,1-3H3,(H,18,19). The van der Waals surface area contributed by atoms with E-state index in [9.17, 15) is 0 Å². The Morgan fingerprint density at radius 2 is 1.84 bits per heavy atom. The Hall–Kier alpha value is -1.25. The van der Waals surface area contributed by atoms with E-state index in [0.717, 1.165) is 23.4 Å². The van der Waals surface area contributed by atoms with Crippen LogP contribution in [-0.2, 0) is 0 Å². The van der Waals surface area contributed by atoms with Gasteiger partial charge in [0.2, 0.25) is 0 Å². The fourth-order valence-corrected chi connectivity index (χ4v) is 2.55. The zero-order valence-electron chi connectivity index (χ0n) is 11.2. The van der Waals surface area contributed by atoms with Gasteiger partial charge in [-0.1, -0.05) is 47.0 Å². The number of hydrogen-bond acceptors (Lipinski definition) is 2. The SMILES string of the molecule is CCNc1nc(-c2ccc(C)cc2C)c(Cl)cc1Cl. The van der Waals surface area contributed by atoms with Crippen molar-refractivity contribution in [2.24, 2.45) is 0 Å². The molecule has 1 heterocycles. The Bertz CT molecular complexity index is 609. The first-order valence-corrected chi connectivity index (χ1v) is 6.96. The third-order valence-electron chi connectivity index (χ3n) is 2.91. The van der Waals surface area contributed by atoms with Crippen molar-refractivity contribution in [1.29, 1.82) is 0 Å². The highest BCUT2D eigenvalue weighted by atomic mass is 35.5. The minimum absolute atomic E-state index is 0.542. The van der Waals surface area contributed by atoms with E-state index in [1.54, 1.807) is 6.07 Å². The van der Waals surface area contributed by atoms with Gasteiger partial charge in [-0.15, -0.1) is 0 Å². The van der Waals surface area contributed by atoms with Crippen molar-refractivity contribution in [2.45, 2.75) is 20.8 Å². The molecule has 0 bridgehead atoms. The summed E-state index contributed by atoms with van der Waals surface area (Å²) in [4.78, 5) is 4.55. The normalized spacial score (nSPS) is 10.6. The number of nitrogens with one attached hydrogen (secondary N) is 1. The van der Waals surface area contributed by atoms with Gasteiger partial charge in [0.15, 0.2) is 0 Å². The number of aromatic nitrogens is 1. The Labute approximate surface area is 123 Å². The van der Waals surface area contributed by atoms with Crippen molar-refractivity contribution < 1.29 is 0 Å². The average molecular weight is 295 g/mol. The highest BCUT2D eigenvalue weighted by Gasteiger charge is 2.12. The first kappa shape index (κ1) is 14.2. The molecule has 2 nitrogen and oxygen atoms in total. The fraction of sp³-hybridized carbons (Fsp3) is 0.267. The van der Waals surface area contributed by atoms with Crippen molar-refractivity contribution in [1.82, 2.24) is 4.98 Å². The monoisotopic (exact) mass is 294 g/mol. The molecule has 1 aromatic carbocycles. The molecule has 0 aliphatic carbocycles. The lowest BCUT2D eigenvalue weighted by Crippen LogP contribution is -2.01. The molecule has 0 spiro atoms. The van der Waals surface area contributed by atoms with Crippen molar-refractivity contribution in [2.75, 3.05) is 11.9 Å². The number of benzene rings is 1. The van der Waals surface area contributed by atoms with Crippen LogP contribution in [0, 0.1) is 13.8 Å². The summed E-state index contributed by atoms with van der Waals surface area (Å²) >= 11 is 12.4. The molecule has 100 valence electrons. The molecule has 2 aromatic rings. The zero-order chi connectivity index (χ0) is 14.0. The van der Waals surface area contributed by atoms with Gasteiger partial charge in [-0.05, 0) is 32.4 Å². The fourth-order valence-electron chi connectivity index (χ4n) is 2.03. The summed E-state index contributed by atoms with van der Waals surface area (Å²) in [6, 6.07) is 7.96. The van der Waals surface area contributed by atoms with Crippen molar-refractivity contribution >= 4 is 29.0 Å². The van der Waals surface area contributed by atoms with Crippen LogP contribution in [0.25, 0.3) is 11.3 Å². The molecule has 19 heavy (non-hydrogen) atoms. The summed E-state index contributed by atoms with van der Waals surface area (Å²) in [7, 11) is 0. The van der Waals surface area contributed by atoms with Crippen LogP contribution < -0.4 is 5.32 Å². The molecule has 2 rings (SSSR count). The number of halogens is 2. The third kappa shape index (κ3) is 3.02. The van der Waals surface area contributed by atoms with E-state index in [0.29, 0.717) is 15.9 Å². The molecule has 0 aliphatic rings. The summed E-state index contributed by atoms with van der Waals surface area (Å²) in [5.41, 5.74) is 4.17. The summed E-state index contributed by atoms with van der Waals surface area (Å²) in [6.07, 6.45) is 0. The van der Waals surface area contributed by atoms with Crippen LogP contribution in [0.3, 0.4) is 0 Å². The maximum absolute atomic E-state index is 6.27. The van der Waals surface area contributed by atoms with E-state index in [-0.39, 0.29) is 0 Å². The van der Waals surface area contributed by atoms with E-state index >= 15 is 0 Å². The molecule has 0 unspecified atom stereocenters. The number of nitrogens with zero attached hydrogens (tertiary/aromatic N) is 1. The molecular weight excluding hydrogens is 279 g/mol. The number of hydrogen-bond donors (Lipinski definition) is 1. The molecule has 0 radical (unpaired) electrons. The Kier molecular flexibility index (Phi) is 4.33. The summed E-state index contributed by atoms with van der Waals surface area (Å²) < 4.78 is 0. The second kappa shape index (κ2) is 5.81. The van der Waals surface area contributed by atoms with Crippen LogP contribution in [0.4, 0.5) is 5.82 Å². The van der Waals surface area contributed by atoms with Gasteiger partial charge in [0, 0.05) is 12.1 Å². The molecule has 0 fully saturated rings. The van der Waals surface area contributed by atoms with Gasteiger partial charge in [-0.2, -0.15) is 0 Å². The lowest BCUT2D eigenvalue weighted by Gasteiger charge is -2.12. The van der Waals surface area contributed by atoms with Crippen molar-refractivity contribution in [3.63, 3.8) is 0 Å². The maximum atomic E-state index is 6.27. The van der Waals surface area contributed by atoms with Gasteiger partial charge in [0.1, 0.15) is 5.82 Å². The van der Waals surface area contributed by atoms with E-state index < -0.39 is 0 Å². The quantitative estimate of drug-likeness (QED) is 0.851. The lowest BCUT2D eigenvalue weighted by molar-refractivity contribution is 1.16. The van der Waals surface area contributed by atoms with E-state index in [1.165, 1.54) is 5.56 Å². The minimum Gasteiger partial charge on any atom is -0.369 e. The number of aryl methyl sites for hydroxylation is 2. The van der Waals surface area contributed by atoms with Gasteiger partial charge < -0.3 is 5.32 Å². The highest BCUT2D eigenvalue weighted by Crippen LogP contribution is 2.34. The van der Waals surface area contributed by atoms with E-state index in [1.807, 2.05) is 13.0 Å². The summed E-state index contributed by atoms with van der Waals surface area (Å²) in [5, 5.41) is 4.25. The molecule has 1 aromatic heterocycles. The molecule has 0 atom stereocenters. The highest BCUT2D eigenvalue weighted by molar-refractivity contribution is 6.37. The van der Waals surface area contributed by atoms with Crippen molar-refractivity contribution in [3.05, 3.63) is 45.4 Å². The molecular formula is C15H16Cl2N2. The topological polar surface area (TPSA) is 24.9 Å². The molecule has 0 saturated heterocycles. The van der Waals surface area contributed by atoms with Crippen LogP contribution in [-0.4, -0.2) is 11.5 Å². The number of anilines is 1. The zero-order valence-corrected chi connectivity index (χ0v) is 12.7. The largest absolute Gasteiger partial charge is 0.369 e. The number of rotatable bonds is 3. The maximum Gasteiger partial charge on any atom is 0.145 e. The molecule has 0 aliphatic heterocycles. The minimum atomic E-state index is 0.542. The van der Waals surface area contributed by atoms with Gasteiger partial charge >= 0.3 is 0 Å². The van der Waals surface area contributed by atoms with E-state index in [2.05, 4.69) is 36.3 Å². The first-order valence-electron chi connectivity index (χ1n) is 6.20. The van der Waals surface area contributed by atoms with Gasteiger partial charge in [0.05, 0.1) is 15.7 Å². The van der Waals surface area contributed by atoms with Crippen LogP contribution in [0.5, 0.6) is 0 Å². The van der Waals surface area contributed by atoms with Crippen LogP contribution in [0.2, 0.25) is 10.0 Å². The van der Waals surface area contributed by atoms with Crippen molar-refractivity contribution in [3.8, 4) is 11.3 Å². The smallest absolute Gasteiger partial charge is 0.145 e. The predicted molar refractivity (Wildman–Crippen MR) is 83.3 cm³/mol. The molecule has 4 heteroatoms. The van der Waals surface area contributed by atoms with Crippen LogP contribution in [0.1, 0.15) is 18.1 Å². The van der Waals surface area contributed by atoms with Gasteiger partial charge in [0.25, 0.3) is 0 Å². The molecule has 1 N–H and O–H groups in total. The summed E-state index contributed by atoms with van der Waals surface area (Å²) in [5.74, 6) is 0.670. The van der Waals surface area contributed by atoms with E-state index in [4.69, 9.17) is 23.2 Å². The van der Waals surface area contributed by atoms with Gasteiger partial charge in [-0.25, -0.2) is 4.98 Å². The third-order valence-corrected chi connectivity index (χ3v) is 3.49. The Balaban J connectivity index is 2.58. The predicted octanol–water partition coefficient (Wildman–Crippen LogP) is 5.10. The second-order valence-corrected chi connectivity index (χ2v) is 5.31.